The van der Waals surface area contributed by atoms with Crippen molar-refractivity contribution in [2.45, 2.75) is 71.6 Å². The van der Waals surface area contributed by atoms with Crippen LogP contribution in [0.25, 0.3) is 0 Å². The van der Waals surface area contributed by atoms with Crippen LogP contribution in [0.4, 0.5) is 20.2 Å². The molecule has 3 saturated heterocycles. The highest BCUT2D eigenvalue weighted by atomic mass is 35.5. The van der Waals surface area contributed by atoms with E-state index in [1.165, 1.54) is 12.1 Å². The van der Waals surface area contributed by atoms with Gasteiger partial charge in [-0.05, 0) is 67.6 Å². The fraction of sp³-hybridized carbons (Fsp3) is 0.467. The molecule has 8 rings (SSSR count). The summed E-state index contributed by atoms with van der Waals surface area (Å²) in [6, 6.07) is 12.7. The number of nitriles is 1. The van der Waals surface area contributed by atoms with Gasteiger partial charge in [0.15, 0.2) is 0 Å². The third-order valence-electron chi connectivity index (χ3n) is 13.3. The second-order valence-corrected chi connectivity index (χ2v) is 18.4. The largest absolute Gasteiger partial charge is 0.489 e. The number of rotatable bonds is 9. The van der Waals surface area contributed by atoms with E-state index in [1.807, 2.05) is 43.6 Å². The molecule has 3 aromatic carbocycles. The van der Waals surface area contributed by atoms with Gasteiger partial charge in [0.1, 0.15) is 35.6 Å². The van der Waals surface area contributed by atoms with Gasteiger partial charge in [0.2, 0.25) is 11.8 Å². The summed E-state index contributed by atoms with van der Waals surface area (Å²) in [4.78, 5) is 71.1. The predicted octanol–water partition coefficient (Wildman–Crippen LogP) is 5.54. The van der Waals surface area contributed by atoms with Gasteiger partial charge in [-0.25, -0.2) is 8.78 Å². The van der Waals surface area contributed by atoms with Crippen molar-refractivity contribution in [2.24, 2.45) is 16.7 Å². The summed E-state index contributed by atoms with van der Waals surface area (Å²) >= 11 is 6.23. The fourth-order valence-electron chi connectivity index (χ4n) is 10.3. The van der Waals surface area contributed by atoms with Gasteiger partial charge in [0.05, 0.1) is 33.1 Å². The Labute approximate surface area is 357 Å². The molecule has 61 heavy (non-hydrogen) atoms. The maximum atomic E-state index is 15.7. The van der Waals surface area contributed by atoms with Gasteiger partial charge in [0.25, 0.3) is 17.7 Å². The quantitative estimate of drug-likeness (QED) is 0.262. The highest BCUT2D eigenvalue weighted by molar-refractivity contribution is 6.31. The van der Waals surface area contributed by atoms with Crippen molar-refractivity contribution in [2.75, 3.05) is 55.6 Å². The molecule has 1 aliphatic carbocycles. The summed E-state index contributed by atoms with van der Waals surface area (Å²) < 4.78 is 37.5. The molecular weight excluding hydrogens is 808 g/mol. The van der Waals surface area contributed by atoms with Crippen LogP contribution in [0.2, 0.25) is 5.02 Å². The van der Waals surface area contributed by atoms with Crippen molar-refractivity contribution in [1.29, 1.82) is 5.26 Å². The van der Waals surface area contributed by atoms with Gasteiger partial charge in [-0.15, -0.1) is 0 Å². The zero-order valence-electron chi connectivity index (χ0n) is 34.5. The number of hydrogen-bond acceptors (Lipinski definition) is 10. The highest BCUT2D eigenvalue weighted by Gasteiger charge is 2.64. The molecule has 1 atom stereocenters. The van der Waals surface area contributed by atoms with Gasteiger partial charge < -0.3 is 19.9 Å². The van der Waals surface area contributed by atoms with Crippen molar-refractivity contribution in [3.05, 3.63) is 87.4 Å². The molecule has 13 nitrogen and oxygen atoms in total. The first-order chi connectivity index (χ1) is 29.0. The zero-order valence-corrected chi connectivity index (χ0v) is 35.3. The molecule has 5 aliphatic rings. The molecule has 0 spiro atoms. The number of imide groups is 2. The van der Waals surface area contributed by atoms with E-state index >= 15 is 8.78 Å². The Hall–Kier alpha value is -5.59. The molecule has 0 radical (unpaired) electrons. The predicted molar refractivity (Wildman–Crippen MR) is 222 cm³/mol. The molecular formula is C45H48ClF2N7O6. The minimum atomic E-state index is -1.12. The molecule has 1 saturated carbocycles. The summed E-state index contributed by atoms with van der Waals surface area (Å²) in [7, 11) is 0. The number of nitrogens with one attached hydrogen (secondary N) is 2. The number of carbonyl (C=O) groups excluding carboxylic acids is 5. The number of halogens is 3. The molecule has 4 aliphatic heterocycles. The number of amides is 5. The van der Waals surface area contributed by atoms with Crippen molar-refractivity contribution in [3.63, 3.8) is 0 Å². The lowest BCUT2D eigenvalue weighted by Crippen LogP contribution is -2.74. The number of piperazine rings is 1. The van der Waals surface area contributed by atoms with Crippen LogP contribution in [0.15, 0.2) is 48.5 Å². The molecule has 4 heterocycles. The Morgan fingerprint density at radius 1 is 0.852 bits per heavy atom. The fourth-order valence-corrected chi connectivity index (χ4v) is 10.5. The average molecular weight is 856 g/mol. The first kappa shape index (κ1) is 42.1. The number of anilines is 2. The third kappa shape index (κ3) is 7.69. The summed E-state index contributed by atoms with van der Waals surface area (Å²) in [5, 5.41) is 14.8. The molecule has 5 amide bonds. The molecule has 3 aromatic rings. The van der Waals surface area contributed by atoms with Crippen LogP contribution in [-0.2, 0) is 9.59 Å². The number of fused-ring (bicyclic) bond motifs is 1. The average Bonchev–Trinajstić information content (AvgIpc) is 3.46. The molecule has 2 N–H and O–H groups in total. The second kappa shape index (κ2) is 16.0. The SMILES string of the molecule is CC1(C)C(NC(=O)c2ccc(N3CCN(CC4CCN(c5cc6c(cc5F)C(=O)N(C5CCC(=O)NC5=O)C6=O)CC4)CC3)c(F)c2)C(C)(C)C1Oc1ccc(C#N)c(Cl)c1. The second-order valence-electron chi connectivity index (χ2n) is 18.0. The lowest BCUT2D eigenvalue weighted by molar-refractivity contribution is -0.164. The molecule has 1 unspecified atom stereocenters. The minimum Gasteiger partial charge on any atom is -0.489 e. The van der Waals surface area contributed by atoms with E-state index < -0.39 is 52.1 Å². The molecule has 0 bridgehead atoms. The van der Waals surface area contributed by atoms with E-state index in [0.29, 0.717) is 54.1 Å². The Kier molecular flexibility index (Phi) is 11.1. The van der Waals surface area contributed by atoms with E-state index in [2.05, 4.69) is 15.5 Å². The van der Waals surface area contributed by atoms with Crippen LogP contribution in [-0.4, -0.2) is 103 Å². The lowest BCUT2D eigenvalue weighted by atomic mass is 9.49. The van der Waals surface area contributed by atoms with E-state index in [4.69, 9.17) is 16.3 Å². The van der Waals surface area contributed by atoms with Crippen molar-refractivity contribution in [3.8, 4) is 11.8 Å². The molecule has 0 aromatic heterocycles. The van der Waals surface area contributed by atoms with Crippen LogP contribution in [0.5, 0.6) is 5.75 Å². The topological polar surface area (TPSA) is 155 Å². The first-order valence-corrected chi connectivity index (χ1v) is 21.1. The Morgan fingerprint density at radius 3 is 2.11 bits per heavy atom. The van der Waals surface area contributed by atoms with Crippen LogP contribution < -0.4 is 25.2 Å². The smallest absolute Gasteiger partial charge is 0.262 e. The van der Waals surface area contributed by atoms with Gasteiger partial charge in [-0.1, -0.05) is 39.3 Å². The number of hydrogen-bond donors (Lipinski definition) is 2. The molecule has 16 heteroatoms. The summed E-state index contributed by atoms with van der Waals surface area (Å²) in [5.74, 6) is -3.15. The lowest BCUT2D eigenvalue weighted by Gasteiger charge is -2.63. The summed E-state index contributed by atoms with van der Waals surface area (Å²) in [6.07, 6.45) is 1.33. The highest BCUT2D eigenvalue weighted by Crippen LogP contribution is 2.55. The van der Waals surface area contributed by atoms with E-state index in [0.717, 1.165) is 43.4 Å². The van der Waals surface area contributed by atoms with E-state index in [-0.39, 0.29) is 53.3 Å². The van der Waals surface area contributed by atoms with Crippen molar-refractivity contribution in [1.82, 2.24) is 20.4 Å². The van der Waals surface area contributed by atoms with Crippen molar-refractivity contribution < 1.29 is 37.5 Å². The maximum absolute atomic E-state index is 15.7. The van der Waals surface area contributed by atoms with Crippen LogP contribution in [0.1, 0.15) is 90.0 Å². The standard InChI is InChI=1S/C45H48ClF2N7O6/c1-44(2)42(45(3,4)43(44)61-28-7-5-27(23-49)31(46)20-28)51-38(57)26-6-8-34(32(47)19-26)54-17-15-52(16-18-54)24-25-11-13-53(14-12-25)36-22-30-29(21-33(36)48)40(59)55(41(30)60)35-9-10-37(56)50-39(35)58/h5-8,19-22,25,35,42-43H,9-18,24H2,1-4H3,(H,51,57)(H,50,56,58). The zero-order chi connectivity index (χ0) is 43.5. The van der Waals surface area contributed by atoms with Crippen LogP contribution in [0.3, 0.4) is 0 Å². The van der Waals surface area contributed by atoms with Gasteiger partial charge >= 0.3 is 0 Å². The monoisotopic (exact) mass is 855 g/mol. The molecule has 4 fully saturated rings. The van der Waals surface area contributed by atoms with Crippen LogP contribution >= 0.6 is 11.6 Å². The Morgan fingerprint density at radius 2 is 1.49 bits per heavy atom. The van der Waals surface area contributed by atoms with Gasteiger partial charge in [0, 0.05) is 80.7 Å². The minimum absolute atomic E-state index is 0.00103. The maximum Gasteiger partial charge on any atom is 0.262 e. The van der Waals surface area contributed by atoms with Crippen molar-refractivity contribution >= 4 is 52.5 Å². The summed E-state index contributed by atoms with van der Waals surface area (Å²) in [5.41, 5.74) is 0.305. The number of carbonyl (C=O) groups is 5. The number of benzene rings is 3. The van der Waals surface area contributed by atoms with E-state index in [9.17, 15) is 29.2 Å². The third-order valence-corrected chi connectivity index (χ3v) is 13.6. The molecule has 320 valence electrons. The number of piperidine rings is 2. The number of ether oxygens (including phenoxy) is 1. The first-order valence-electron chi connectivity index (χ1n) is 20.7. The normalized spacial score (nSPS) is 23.9. The van der Waals surface area contributed by atoms with E-state index in [1.54, 1.807) is 30.3 Å². The van der Waals surface area contributed by atoms with Gasteiger partial charge in [-0.2, -0.15) is 5.26 Å². The summed E-state index contributed by atoms with van der Waals surface area (Å²) in [6.45, 7) is 12.7. The Balaban J connectivity index is 0.815. The van der Waals surface area contributed by atoms with Crippen LogP contribution in [0, 0.1) is 39.7 Å². The van der Waals surface area contributed by atoms with Gasteiger partial charge in [-0.3, -0.25) is 39.1 Å². The Bertz CT molecular complexity index is 2350. The number of nitrogens with zero attached hydrogens (tertiary/aromatic N) is 5.